The van der Waals surface area contributed by atoms with Crippen LogP contribution in [-0.4, -0.2) is 5.91 Å². The first-order chi connectivity index (χ1) is 10.2. The van der Waals surface area contributed by atoms with Crippen LogP contribution < -0.4 is 5.32 Å². The lowest BCUT2D eigenvalue weighted by Gasteiger charge is -2.08. The molecule has 108 valence electrons. The summed E-state index contributed by atoms with van der Waals surface area (Å²) in [4.78, 5) is 12.0. The van der Waals surface area contributed by atoms with E-state index in [1.165, 1.54) is 24.0 Å². The largest absolute Gasteiger partial charge is 0.352 e. The van der Waals surface area contributed by atoms with Crippen molar-refractivity contribution in [2.45, 2.75) is 32.2 Å². The Labute approximate surface area is 130 Å². The Morgan fingerprint density at radius 1 is 1.10 bits per heavy atom. The number of halogens is 1. The minimum Gasteiger partial charge on any atom is -0.352 e. The van der Waals surface area contributed by atoms with E-state index in [2.05, 4.69) is 23.5 Å². The molecule has 3 heteroatoms. The Morgan fingerprint density at radius 2 is 1.90 bits per heavy atom. The average molecular weight is 300 g/mol. The number of carbonyl (C=O) groups is 1. The zero-order chi connectivity index (χ0) is 14.7. The maximum absolute atomic E-state index is 12.0. The molecule has 1 aliphatic rings. The summed E-state index contributed by atoms with van der Waals surface area (Å²) in [6.45, 7) is 0.476. The smallest absolute Gasteiger partial charge is 0.224 e. The number of nitrogens with one attached hydrogen (secondary N) is 1. The van der Waals surface area contributed by atoms with Gasteiger partial charge in [-0.15, -0.1) is 0 Å². The van der Waals surface area contributed by atoms with Crippen molar-refractivity contribution in [2.75, 3.05) is 0 Å². The molecule has 0 aliphatic heterocycles. The number of hydrogen-bond donors (Lipinski definition) is 1. The van der Waals surface area contributed by atoms with E-state index in [1.807, 2.05) is 24.3 Å². The zero-order valence-electron chi connectivity index (χ0n) is 11.9. The summed E-state index contributed by atoms with van der Waals surface area (Å²) in [5.41, 5.74) is 4.88. The lowest BCUT2D eigenvalue weighted by atomic mass is 10.0. The van der Waals surface area contributed by atoms with Crippen LogP contribution in [0.1, 0.15) is 28.7 Å². The summed E-state index contributed by atoms with van der Waals surface area (Å²) < 4.78 is 0. The molecule has 0 saturated carbocycles. The predicted molar refractivity (Wildman–Crippen MR) is 85.5 cm³/mol. The van der Waals surface area contributed by atoms with Gasteiger partial charge in [0.15, 0.2) is 0 Å². The van der Waals surface area contributed by atoms with Crippen LogP contribution in [0.25, 0.3) is 0 Å². The summed E-state index contributed by atoms with van der Waals surface area (Å²) in [7, 11) is 0. The predicted octanol–water partition coefficient (Wildman–Crippen LogP) is 3.69. The van der Waals surface area contributed by atoms with Crippen LogP contribution in [0.3, 0.4) is 0 Å². The molecular weight excluding hydrogens is 282 g/mol. The van der Waals surface area contributed by atoms with E-state index in [-0.39, 0.29) is 5.91 Å². The van der Waals surface area contributed by atoms with Crippen molar-refractivity contribution < 1.29 is 4.79 Å². The summed E-state index contributed by atoms with van der Waals surface area (Å²) in [6, 6.07) is 14.0. The van der Waals surface area contributed by atoms with E-state index in [0.29, 0.717) is 18.0 Å². The van der Waals surface area contributed by atoms with E-state index in [4.69, 9.17) is 11.6 Å². The maximum atomic E-state index is 12.0. The lowest BCUT2D eigenvalue weighted by Crippen LogP contribution is -2.24. The molecule has 2 aromatic rings. The number of hydrogen-bond acceptors (Lipinski definition) is 1. The van der Waals surface area contributed by atoms with Crippen molar-refractivity contribution in [3.63, 3.8) is 0 Å². The molecule has 0 bridgehead atoms. The molecule has 1 amide bonds. The monoisotopic (exact) mass is 299 g/mol. The number of amides is 1. The molecule has 1 N–H and O–H groups in total. The van der Waals surface area contributed by atoms with Crippen LogP contribution in [0.15, 0.2) is 42.5 Å². The first kappa shape index (κ1) is 14.2. The van der Waals surface area contributed by atoms with E-state index >= 15 is 0 Å². The summed E-state index contributed by atoms with van der Waals surface area (Å²) in [5.74, 6) is 0.0351. The third-order valence-electron chi connectivity index (χ3n) is 3.96. The van der Waals surface area contributed by atoms with Crippen molar-refractivity contribution >= 4 is 17.5 Å². The third kappa shape index (κ3) is 3.45. The molecule has 2 nitrogen and oxygen atoms in total. The fraction of sp³-hybridized carbons (Fsp3) is 0.278. The van der Waals surface area contributed by atoms with Crippen LogP contribution in [0, 0.1) is 0 Å². The molecule has 21 heavy (non-hydrogen) atoms. The SMILES string of the molecule is O=C(Cc1ccc2c(c1)CCC2)NCc1ccccc1Cl. The molecule has 0 fully saturated rings. The van der Waals surface area contributed by atoms with Gasteiger partial charge in [-0.3, -0.25) is 4.79 Å². The fourth-order valence-electron chi connectivity index (χ4n) is 2.82. The van der Waals surface area contributed by atoms with Gasteiger partial charge in [0, 0.05) is 11.6 Å². The molecule has 0 aromatic heterocycles. The molecular formula is C18H18ClNO. The summed E-state index contributed by atoms with van der Waals surface area (Å²) >= 11 is 6.08. The maximum Gasteiger partial charge on any atom is 0.224 e. The van der Waals surface area contributed by atoms with Crippen LogP contribution >= 0.6 is 11.6 Å². The minimum atomic E-state index is 0.0351. The molecule has 0 atom stereocenters. The number of carbonyl (C=O) groups excluding carboxylic acids is 1. The van der Waals surface area contributed by atoms with Gasteiger partial charge < -0.3 is 5.32 Å². The Morgan fingerprint density at radius 3 is 2.76 bits per heavy atom. The van der Waals surface area contributed by atoms with Crippen molar-refractivity contribution in [1.82, 2.24) is 5.32 Å². The van der Waals surface area contributed by atoms with Gasteiger partial charge in [0.2, 0.25) is 5.91 Å². The zero-order valence-corrected chi connectivity index (χ0v) is 12.6. The van der Waals surface area contributed by atoms with Gasteiger partial charge in [-0.05, 0) is 47.6 Å². The van der Waals surface area contributed by atoms with Gasteiger partial charge in [0.1, 0.15) is 0 Å². The molecule has 2 aromatic carbocycles. The van der Waals surface area contributed by atoms with Crippen molar-refractivity contribution in [3.8, 4) is 0 Å². The molecule has 1 aliphatic carbocycles. The topological polar surface area (TPSA) is 29.1 Å². The number of fused-ring (bicyclic) bond motifs is 1. The number of rotatable bonds is 4. The van der Waals surface area contributed by atoms with Crippen LogP contribution in [0.2, 0.25) is 5.02 Å². The lowest BCUT2D eigenvalue weighted by molar-refractivity contribution is -0.120. The highest BCUT2D eigenvalue weighted by Gasteiger charge is 2.12. The Bertz CT molecular complexity index is 666. The normalized spacial score (nSPS) is 13.0. The van der Waals surface area contributed by atoms with E-state index in [1.54, 1.807) is 0 Å². The van der Waals surface area contributed by atoms with Gasteiger partial charge in [0.25, 0.3) is 0 Å². The Balaban J connectivity index is 1.58. The van der Waals surface area contributed by atoms with Crippen molar-refractivity contribution in [1.29, 1.82) is 0 Å². The highest BCUT2D eigenvalue weighted by molar-refractivity contribution is 6.31. The molecule has 0 unspecified atom stereocenters. The van der Waals surface area contributed by atoms with Gasteiger partial charge in [-0.1, -0.05) is 48.0 Å². The number of benzene rings is 2. The molecule has 0 saturated heterocycles. The van der Waals surface area contributed by atoms with Crippen molar-refractivity contribution in [3.05, 3.63) is 69.7 Å². The van der Waals surface area contributed by atoms with Crippen LogP contribution in [0.4, 0.5) is 0 Å². The van der Waals surface area contributed by atoms with Crippen LogP contribution in [0.5, 0.6) is 0 Å². The summed E-state index contributed by atoms with van der Waals surface area (Å²) in [5, 5.41) is 3.62. The van der Waals surface area contributed by atoms with E-state index in [0.717, 1.165) is 17.5 Å². The van der Waals surface area contributed by atoms with E-state index in [9.17, 15) is 4.79 Å². The molecule has 0 heterocycles. The van der Waals surface area contributed by atoms with Crippen molar-refractivity contribution in [2.24, 2.45) is 0 Å². The highest BCUT2D eigenvalue weighted by atomic mass is 35.5. The molecule has 0 spiro atoms. The van der Waals surface area contributed by atoms with E-state index < -0.39 is 0 Å². The van der Waals surface area contributed by atoms with Gasteiger partial charge in [-0.2, -0.15) is 0 Å². The fourth-order valence-corrected chi connectivity index (χ4v) is 3.02. The highest BCUT2D eigenvalue weighted by Crippen LogP contribution is 2.23. The second-order valence-corrected chi connectivity index (χ2v) is 5.91. The van der Waals surface area contributed by atoms with Gasteiger partial charge in [-0.25, -0.2) is 0 Å². The molecule has 0 radical (unpaired) electrons. The third-order valence-corrected chi connectivity index (χ3v) is 4.33. The average Bonchev–Trinajstić information content (AvgIpc) is 2.94. The Kier molecular flexibility index (Phi) is 4.26. The van der Waals surface area contributed by atoms with Crippen LogP contribution in [-0.2, 0) is 30.6 Å². The number of aryl methyl sites for hydroxylation is 2. The minimum absolute atomic E-state index is 0.0351. The first-order valence-corrected chi connectivity index (χ1v) is 7.71. The second-order valence-electron chi connectivity index (χ2n) is 5.50. The molecule has 3 rings (SSSR count). The Hall–Kier alpha value is -1.80. The first-order valence-electron chi connectivity index (χ1n) is 7.33. The van der Waals surface area contributed by atoms with Gasteiger partial charge in [0.05, 0.1) is 6.42 Å². The standard InChI is InChI=1S/C18H18ClNO/c19-17-7-2-1-4-16(17)12-20-18(21)11-13-8-9-14-5-3-6-15(14)10-13/h1-2,4,7-10H,3,5-6,11-12H2,(H,20,21). The quantitative estimate of drug-likeness (QED) is 0.916. The second kappa shape index (κ2) is 6.31. The summed E-state index contributed by atoms with van der Waals surface area (Å²) in [6.07, 6.45) is 3.98. The van der Waals surface area contributed by atoms with Gasteiger partial charge >= 0.3 is 0 Å².